The van der Waals surface area contributed by atoms with Crippen molar-refractivity contribution < 1.29 is 13.2 Å². The number of primary sulfonamides is 1. The first-order valence-corrected chi connectivity index (χ1v) is 8.61. The molecule has 1 aromatic carbocycles. The molecule has 1 amide bonds. The monoisotopic (exact) mass is 374 g/mol. The molecule has 5 nitrogen and oxygen atoms in total. The number of nitrogens with two attached hydrogens (primary N) is 1. The second kappa shape index (κ2) is 5.65. The lowest BCUT2D eigenvalue weighted by molar-refractivity contribution is 0.0997. The van der Waals surface area contributed by atoms with Gasteiger partial charge in [-0.1, -0.05) is 0 Å². The first-order chi connectivity index (χ1) is 9.29. The van der Waals surface area contributed by atoms with Gasteiger partial charge in [0.05, 0.1) is 13.6 Å². The summed E-state index contributed by atoms with van der Waals surface area (Å²) in [6.07, 6.45) is 0. The minimum atomic E-state index is -3.72. The summed E-state index contributed by atoms with van der Waals surface area (Å²) >= 11 is 4.64. The largest absolute Gasteiger partial charge is 0.311 e. The van der Waals surface area contributed by atoms with E-state index in [9.17, 15) is 13.2 Å². The molecule has 2 aromatic rings. The summed E-state index contributed by atoms with van der Waals surface area (Å²) in [6.45, 7) is 0. The van der Waals surface area contributed by atoms with E-state index in [1.807, 2.05) is 0 Å². The molecule has 0 aliphatic heterocycles. The van der Waals surface area contributed by atoms with Crippen molar-refractivity contribution in [2.24, 2.45) is 5.14 Å². The molecule has 0 spiro atoms. The summed E-state index contributed by atoms with van der Waals surface area (Å²) < 4.78 is 23.2. The molecule has 2 rings (SSSR count). The van der Waals surface area contributed by atoms with Crippen molar-refractivity contribution in [2.45, 2.75) is 4.90 Å². The average Bonchev–Trinajstić information content (AvgIpc) is 2.83. The number of benzene rings is 1. The molecule has 1 heterocycles. The van der Waals surface area contributed by atoms with Gasteiger partial charge < -0.3 is 4.90 Å². The van der Waals surface area contributed by atoms with Gasteiger partial charge in [0.25, 0.3) is 5.91 Å². The Kier molecular flexibility index (Phi) is 4.28. The quantitative estimate of drug-likeness (QED) is 0.895. The van der Waals surface area contributed by atoms with Gasteiger partial charge in [0.2, 0.25) is 10.0 Å². The number of thiophene rings is 1. The third-order valence-corrected chi connectivity index (χ3v) is 5.18. The predicted molar refractivity (Wildman–Crippen MR) is 82.6 cm³/mol. The van der Waals surface area contributed by atoms with Crippen molar-refractivity contribution in [3.05, 3.63) is 45.1 Å². The fraction of sp³-hybridized carbons (Fsp3) is 0.0833. The summed E-state index contributed by atoms with van der Waals surface area (Å²) in [4.78, 5) is 14.3. The first-order valence-electron chi connectivity index (χ1n) is 5.45. The van der Waals surface area contributed by atoms with Crippen molar-refractivity contribution in [3.8, 4) is 0 Å². The Balaban J connectivity index is 2.25. The van der Waals surface area contributed by atoms with Gasteiger partial charge in [0.15, 0.2) is 0 Å². The van der Waals surface area contributed by atoms with Crippen LogP contribution in [0.15, 0.2) is 45.1 Å². The predicted octanol–water partition coefficient (Wildman–Crippen LogP) is 2.43. The zero-order chi connectivity index (χ0) is 14.9. The van der Waals surface area contributed by atoms with Crippen LogP contribution >= 0.6 is 27.3 Å². The van der Waals surface area contributed by atoms with Crippen molar-refractivity contribution in [1.29, 1.82) is 0 Å². The molecule has 8 heteroatoms. The van der Waals surface area contributed by atoms with Crippen LogP contribution in [0, 0.1) is 0 Å². The number of anilines is 1. The number of halogens is 1. The summed E-state index contributed by atoms with van der Waals surface area (Å²) in [7, 11) is -2.10. The molecule has 1 aromatic heterocycles. The second-order valence-electron chi connectivity index (χ2n) is 4.01. The molecule has 0 unspecified atom stereocenters. The van der Waals surface area contributed by atoms with Crippen LogP contribution in [0.1, 0.15) is 9.67 Å². The molecule has 2 N–H and O–H groups in total. The van der Waals surface area contributed by atoms with E-state index >= 15 is 0 Å². The smallest absolute Gasteiger partial charge is 0.268 e. The van der Waals surface area contributed by atoms with E-state index in [1.54, 1.807) is 31.3 Å². The number of amides is 1. The Morgan fingerprint density at radius 3 is 2.25 bits per heavy atom. The van der Waals surface area contributed by atoms with E-state index in [-0.39, 0.29) is 10.8 Å². The molecular weight excluding hydrogens is 364 g/mol. The van der Waals surface area contributed by atoms with Gasteiger partial charge in [-0.15, -0.1) is 11.3 Å². The van der Waals surface area contributed by atoms with E-state index < -0.39 is 10.0 Å². The van der Waals surface area contributed by atoms with Crippen LogP contribution < -0.4 is 10.0 Å². The van der Waals surface area contributed by atoms with Gasteiger partial charge in [0, 0.05) is 12.7 Å². The highest BCUT2D eigenvalue weighted by molar-refractivity contribution is 9.11. The molecule has 0 saturated carbocycles. The highest BCUT2D eigenvalue weighted by Gasteiger charge is 2.16. The molecule has 0 radical (unpaired) electrons. The maximum absolute atomic E-state index is 12.2. The summed E-state index contributed by atoms with van der Waals surface area (Å²) in [5.41, 5.74) is 0.590. The summed E-state index contributed by atoms with van der Waals surface area (Å²) in [5.74, 6) is -0.163. The molecule has 0 aliphatic rings. The minimum absolute atomic E-state index is 0.0148. The van der Waals surface area contributed by atoms with Crippen molar-refractivity contribution in [1.82, 2.24) is 0 Å². The number of hydrogen-bond donors (Lipinski definition) is 1. The number of nitrogens with zero attached hydrogens (tertiary/aromatic N) is 1. The van der Waals surface area contributed by atoms with Crippen molar-refractivity contribution >= 4 is 48.9 Å². The van der Waals surface area contributed by atoms with E-state index in [4.69, 9.17) is 5.14 Å². The van der Waals surface area contributed by atoms with E-state index in [0.717, 1.165) is 3.79 Å². The number of carbonyl (C=O) groups excluding carboxylic acids is 1. The Bertz CT molecular complexity index is 738. The van der Waals surface area contributed by atoms with Crippen LogP contribution in [-0.2, 0) is 10.0 Å². The Morgan fingerprint density at radius 2 is 1.80 bits per heavy atom. The lowest BCUT2D eigenvalue weighted by atomic mass is 10.3. The average molecular weight is 375 g/mol. The Hall–Kier alpha value is -1.22. The Labute approximate surface area is 129 Å². The molecular formula is C12H11BrN2O3S2. The molecule has 20 heavy (non-hydrogen) atoms. The number of carbonyl (C=O) groups is 1. The molecule has 0 aliphatic carbocycles. The van der Waals surface area contributed by atoms with Crippen LogP contribution in [-0.4, -0.2) is 21.4 Å². The number of sulfonamides is 1. The van der Waals surface area contributed by atoms with Crippen LogP contribution in [0.3, 0.4) is 0 Å². The van der Waals surface area contributed by atoms with Gasteiger partial charge in [0.1, 0.15) is 0 Å². The normalized spacial score (nSPS) is 11.3. The standard InChI is InChI=1S/C12H11BrN2O3S2/c1-15(12(16)10-6-7-11(13)19-10)8-2-4-9(5-3-8)20(14,17)18/h2-7H,1H3,(H2,14,17,18). The van der Waals surface area contributed by atoms with Crippen LogP contribution in [0.25, 0.3) is 0 Å². The van der Waals surface area contributed by atoms with Crippen LogP contribution in [0.2, 0.25) is 0 Å². The molecule has 0 bridgehead atoms. The second-order valence-corrected chi connectivity index (χ2v) is 8.03. The van der Waals surface area contributed by atoms with Gasteiger partial charge in [-0.2, -0.15) is 0 Å². The Morgan fingerprint density at radius 1 is 1.20 bits per heavy atom. The third kappa shape index (κ3) is 3.26. The van der Waals surface area contributed by atoms with Gasteiger partial charge in [-0.05, 0) is 52.3 Å². The molecule has 0 saturated heterocycles. The zero-order valence-electron chi connectivity index (χ0n) is 10.4. The summed E-state index contributed by atoms with van der Waals surface area (Å²) in [5, 5.41) is 5.02. The van der Waals surface area contributed by atoms with Crippen molar-refractivity contribution in [2.75, 3.05) is 11.9 Å². The zero-order valence-corrected chi connectivity index (χ0v) is 13.6. The van der Waals surface area contributed by atoms with Gasteiger partial charge in [-0.25, -0.2) is 13.6 Å². The maximum Gasteiger partial charge on any atom is 0.268 e. The fourth-order valence-corrected chi connectivity index (χ4v) is 3.45. The number of rotatable bonds is 3. The van der Waals surface area contributed by atoms with Gasteiger partial charge in [-0.3, -0.25) is 4.79 Å². The fourth-order valence-electron chi connectivity index (χ4n) is 1.57. The molecule has 106 valence electrons. The summed E-state index contributed by atoms with van der Waals surface area (Å²) in [6, 6.07) is 9.36. The lowest BCUT2D eigenvalue weighted by Crippen LogP contribution is -2.25. The highest BCUT2D eigenvalue weighted by atomic mass is 79.9. The topological polar surface area (TPSA) is 80.5 Å². The lowest BCUT2D eigenvalue weighted by Gasteiger charge is -2.16. The SMILES string of the molecule is CN(C(=O)c1ccc(Br)s1)c1ccc(S(N)(=O)=O)cc1. The number of hydrogen-bond acceptors (Lipinski definition) is 4. The van der Waals surface area contributed by atoms with Crippen molar-refractivity contribution in [3.63, 3.8) is 0 Å². The highest BCUT2D eigenvalue weighted by Crippen LogP contribution is 2.25. The van der Waals surface area contributed by atoms with Crippen LogP contribution in [0.4, 0.5) is 5.69 Å². The van der Waals surface area contributed by atoms with Crippen LogP contribution in [0.5, 0.6) is 0 Å². The van der Waals surface area contributed by atoms with E-state index in [2.05, 4.69) is 15.9 Å². The first kappa shape index (κ1) is 15.2. The van der Waals surface area contributed by atoms with E-state index in [1.165, 1.54) is 28.4 Å². The molecule has 0 fully saturated rings. The maximum atomic E-state index is 12.2. The molecule has 0 atom stereocenters. The third-order valence-electron chi connectivity index (χ3n) is 2.64. The minimum Gasteiger partial charge on any atom is -0.311 e. The van der Waals surface area contributed by atoms with Gasteiger partial charge >= 0.3 is 0 Å². The van der Waals surface area contributed by atoms with E-state index in [0.29, 0.717) is 10.6 Å².